The van der Waals surface area contributed by atoms with E-state index in [0.717, 1.165) is 19.3 Å². The summed E-state index contributed by atoms with van der Waals surface area (Å²) in [6.45, 7) is 0.121. The van der Waals surface area contributed by atoms with Crippen LogP contribution in [0.1, 0.15) is 32.1 Å². The maximum Gasteiger partial charge on any atom is 0.305 e. The van der Waals surface area contributed by atoms with Gasteiger partial charge >= 0.3 is 5.97 Å². The van der Waals surface area contributed by atoms with Crippen molar-refractivity contribution in [1.82, 2.24) is 0 Å². The predicted molar refractivity (Wildman–Crippen MR) is 122 cm³/mol. The molecule has 0 spiro atoms. The van der Waals surface area contributed by atoms with Crippen LogP contribution in [0.25, 0.3) is 0 Å². The molecule has 0 aliphatic heterocycles. The van der Waals surface area contributed by atoms with Crippen molar-refractivity contribution in [2.75, 3.05) is 13.7 Å². The van der Waals surface area contributed by atoms with Crippen LogP contribution in [0.15, 0.2) is 48.6 Å². The van der Waals surface area contributed by atoms with Crippen molar-refractivity contribution < 1.29 is 24.5 Å². The molecule has 0 unspecified atom stereocenters. The number of thiol groups is 1. The number of carbonyl (C=O) groups is 1. The molecule has 0 amide bonds. The molecule has 1 aliphatic carbocycles. The number of carbonyl (C=O) groups excluding carboxylic acids is 1. The average molecular weight is 455 g/mol. The van der Waals surface area contributed by atoms with Crippen LogP contribution in [-0.2, 0) is 9.53 Å². The van der Waals surface area contributed by atoms with E-state index in [2.05, 4.69) is 29.5 Å². The first-order valence-corrected chi connectivity index (χ1v) is 11.1. The highest BCUT2D eigenvalue weighted by atomic mass is 35.5. The second kappa shape index (κ2) is 13.1. The molecule has 2 N–H and O–H groups in total. The van der Waals surface area contributed by atoms with E-state index in [0.29, 0.717) is 23.6 Å². The van der Waals surface area contributed by atoms with E-state index in [1.54, 1.807) is 30.3 Å². The summed E-state index contributed by atoms with van der Waals surface area (Å²) in [7, 11) is 1.39. The largest absolute Gasteiger partial charge is 0.491 e. The molecule has 0 bridgehead atoms. The van der Waals surface area contributed by atoms with Crippen LogP contribution in [0.3, 0.4) is 0 Å². The number of allylic oxidation sites excluding steroid dienone is 2. The Hall–Kier alpha value is -1.47. The fourth-order valence-electron chi connectivity index (χ4n) is 3.57. The molecular formula is C23H31ClO5S. The van der Waals surface area contributed by atoms with Crippen molar-refractivity contribution >= 4 is 30.2 Å². The van der Waals surface area contributed by atoms with E-state index in [-0.39, 0.29) is 29.7 Å². The molecule has 1 saturated carbocycles. The smallest absolute Gasteiger partial charge is 0.305 e. The lowest BCUT2D eigenvalue weighted by molar-refractivity contribution is -0.140. The van der Waals surface area contributed by atoms with Gasteiger partial charge in [-0.1, -0.05) is 35.9 Å². The lowest BCUT2D eigenvalue weighted by Crippen LogP contribution is -2.20. The summed E-state index contributed by atoms with van der Waals surface area (Å²) in [6, 6.07) is 6.96. The summed E-state index contributed by atoms with van der Waals surface area (Å²) in [5.74, 6) is 0.554. The Kier molecular flexibility index (Phi) is 10.8. The Bertz CT molecular complexity index is 706. The number of rotatable bonds is 11. The van der Waals surface area contributed by atoms with Crippen molar-refractivity contribution in [3.63, 3.8) is 0 Å². The van der Waals surface area contributed by atoms with Gasteiger partial charge in [0, 0.05) is 22.6 Å². The van der Waals surface area contributed by atoms with Gasteiger partial charge in [-0.3, -0.25) is 4.79 Å². The molecular weight excluding hydrogens is 424 g/mol. The Balaban J connectivity index is 1.80. The molecule has 166 valence electrons. The van der Waals surface area contributed by atoms with Crippen molar-refractivity contribution in [2.24, 2.45) is 11.8 Å². The lowest BCUT2D eigenvalue weighted by atomic mass is 9.90. The Morgan fingerprint density at radius 2 is 2.07 bits per heavy atom. The number of aliphatic hydroxyl groups is 2. The number of methoxy groups -OCH3 is 1. The minimum atomic E-state index is -0.777. The number of esters is 1. The average Bonchev–Trinajstić information content (AvgIpc) is 3.00. The first-order chi connectivity index (χ1) is 14.4. The molecule has 5 atom stereocenters. The Morgan fingerprint density at radius 1 is 1.33 bits per heavy atom. The summed E-state index contributed by atoms with van der Waals surface area (Å²) < 4.78 is 10.2. The molecule has 5 nitrogen and oxygen atoms in total. The van der Waals surface area contributed by atoms with Gasteiger partial charge in [-0.05, 0) is 55.9 Å². The molecule has 1 aliphatic rings. The van der Waals surface area contributed by atoms with Gasteiger partial charge in [0.15, 0.2) is 0 Å². The SMILES string of the molecule is COC(=O)CCC/C=C\C[C@@H]1[C@@H](/C=C/[C@@H](O)COc2ccc(Cl)cc2)[C@H](O)C[C@@H]1S. The zero-order valence-electron chi connectivity index (χ0n) is 17.2. The number of hydrogen-bond donors (Lipinski definition) is 3. The molecule has 7 heteroatoms. The van der Waals surface area contributed by atoms with Crippen LogP contribution < -0.4 is 4.74 Å². The van der Waals surface area contributed by atoms with E-state index >= 15 is 0 Å². The fourth-order valence-corrected chi connectivity index (χ4v) is 4.23. The van der Waals surface area contributed by atoms with Gasteiger partial charge in [0.05, 0.1) is 13.2 Å². The monoisotopic (exact) mass is 454 g/mol. The van der Waals surface area contributed by atoms with E-state index in [1.807, 2.05) is 6.08 Å². The van der Waals surface area contributed by atoms with Gasteiger partial charge in [0.25, 0.3) is 0 Å². The predicted octanol–water partition coefficient (Wildman–Crippen LogP) is 4.22. The van der Waals surface area contributed by atoms with Crippen LogP contribution in [0, 0.1) is 11.8 Å². The van der Waals surface area contributed by atoms with Crippen molar-refractivity contribution in [3.8, 4) is 5.75 Å². The van der Waals surface area contributed by atoms with Crippen LogP contribution in [0.5, 0.6) is 5.75 Å². The quantitative estimate of drug-likeness (QED) is 0.202. The summed E-state index contributed by atoms with van der Waals surface area (Å²) in [4.78, 5) is 11.1. The van der Waals surface area contributed by atoms with Crippen LogP contribution in [0.4, 0.5) is 0 Å². The third kappa shape index (κ3) is 8.34. The number of benzene rings is 1. The molecule has 2 rings (SSSR count). The van der Waals surface area contributed by atoms with E-state index < -0.39 is 12.2 Å². The van der Waals surface area contributed by atoms with Crippen molar-refractivity contribution in [1.29, 1.82) is 0 Å². The van der Waals surface area contributed by atoms with Crippen LogP contribution >= 0.6 is 24.2 Å². The molecule has 0 heterocycles. The molecule has 1 fully saturated rings. The minimum Gasteiger partial charge on any atom is -0.491 e. The standard InChI is InChI=1S/C23H31ClO5S/c1-28-23(27)7-5-3-2-4-6-20-19(21(26)14-22(20)30)13-10-17(25)15-29-18-11-8-16(24)9-12-18/h2,4,8-13,17,19-22,25-26,30H,3,5-7,14-15H2,1H3/b4-2-,13-10+/t17-,19-,20-,21-,22+/m1/s1. The fraction of sp³-hybridized carbons (Fsp3) is 0.522. The molecule has 30 heavy (non-hydrogen) atoms. The van der Waals surface area contributed by atoms with Gasteiger partial charge in [0.1, 0.15) is 18.5 Å². The number of aliphatic hydroxyl groups excluding tert-OH is 2. The van der Waals surface area contributed by atoms with Gasteiger partial charge in [-0.25, -0.2) is 0 Å². The van der Waals surface area contributed by atoms with E-state index in [9.17, 15) is 15.0 Å². The number of unbranched alkanes of at least 4 members (excludes halogenated alkanes) is 1. The molecule has 1 aromatic rings. The summed E-state index contributed by atoms with van der Waals surface area (Å²) in [5, 5.41) is 21.3. The van der Waals surface area contributed by atoms with E-state index in [1.165, 1.54) is 7.11 Å². The number of ether oxygens (including phenoxy) is 2. The number of hydrogen-bond acceptors (Lipinski definition) is 6. The summed E-state index contributed by atoms with van der Waals surface area (Å²) in [5.41, 5.74) is 0. The molecule has 1 aromatic carbocycles. The van der Waals surface area contributed by atoms with Crippen molar-refractivity contribution in [3.05, 3.63) is 53.6 Å². The van der Waals surface area contributed by atoms with E-state index in [4.69, 9.17) is 16.3 Å². The first-order valence-electron chi connectivity index (χ1n) is 10.2. The van der Waals surface area contributed by atoms with Gasteiger partial charge in [0.2, 0.25) is 0 Å². The van der Waals surface area contributed by atoms with Gasteiger partial charge < -0.3 is 19.7 Å². The minimum absolute atomic E-state index is 0.0719. The normalized spacial score (nSPS) is 25.1. The number of halogens is 1. The maximum absolute atomic E-state index is 11.1. The second-order valence-electron chi connectivity index (χ2n) is 7.50. The highest BCUT2D eigenvalue weighted by Crippen LogP contribution is 2.39. The van der Waals surface area contributed by atoms with Crippen LogP contribution in [-0.4, -0.2) is 47.4 Å². The summed E-state index contributed by atoms with van der Waals surface area (Å²) >= 11 is 10.5. The lowest BCUT2D eigenvalue weighted by Gasteiger charge is -2.20. The zero-order chi connectivity index (χ0) is 21.9. The summed E-state index contributed by atoms with van der Waals surface area (Å²) in [6.07, 6.45) is 9.84. The Morgan fingerprint density at radius 3 is 2.77 bits per heavy atom. The van der Waals surface area contributed by atoms with Crippen LogP contribution in [0.2, 0.25) is 5.02 Å². The van der Waals surface area contributed by atoms with Gasteiger partial charge in [-0.2, -0.15) is 12.6 Å². The molecule has 0 saturated heterocycles. The molecule has 0 aromatic heterocycles. The highest BCUT2D eigenvalue weighted by Gasteiger charge is 2.38. The Labute approximate surface area is 189 Å². The van der Waals surface area contributed by atoms with Gasteiger partial charge in [-0.15, -0.1) is 0 Å². The maximum atomic E-state index is 11.1. The molecule has 0 radical (unpaired) electrons. The third-order valence-electron chi connectivity index (χ3n) is 5.26. The highest BCUT2D eigenvalue weighted by molar-refractivity contribution is 7.81. The zero-order valence-corrected chi connectivity index (χ0v) is 18.8. The third-order valence-corrected chi connectivity index (χ3v) is 6.11. The van der Waals surface area contributed by atoms with Crippen molar-refractivity contribution in [2.45, 2.75) is 49.6 Å². The second-order valence-corrected chi connectivity index (χ2v) is 8.60. The topological polar surface area (TPSA) is 76.0 Å². The first kappa shape index (κ1) is 24.8.